The molecule has 0 aliphatic carbocycles. The van der Waals surface area contributed by atoms with Crippen molar-refractivity contribution in [3.05, 3.63) is 0 Å². The lowest BCUT2D eigenvalue weighted by atomic mass is 10.6. The summed E-state index contributed by atoms with van der Waals surface area (Å²) in [6.45, 7) is 0. The molecule has 0 radical (unpaired) electrons. The Balaban J connectivity index is 2.48. The topological polar surface area (TPSA) is 81.7 Å². The van der Waals surface area contributed by atoms with Gasteiger partial charge in [0.15, 0.2) is 0 Å². The average Bonchev–Trinajstić information content (AvgIpc) is 1.81. The predicted molar refractivity (Wildman–Crippen MR) is 28.9 cm³/mol. The summed E-state index contributed by atoms with van der Waals surface area (Å²) in [6, 6.07) is 0. The van der Waals surface area contributed by atoms with Crippen LogP contribution in [-0.2, 0) is 23.6 Å². The van der Waals surface area contributed by atoms with Crippen LogP contribution in [0.3, 0.4) is 0 Å². The lowest BCUT2D eigenvalue weighted by Crippen LogP contribution is -2.46. The highest BCUT2D eigenvalue weighted by Gasteiger charge is 2.41. The molecule has 0 aromatic rings. The summed E-state index contributed by atoms with van der Waals surface area (Å²) < 4.78 is 28.2. The highest BCUT2D eigenvalue weighted by Crippen LogP contribution is 2.17. The van der Waals surface area contributed by atoms with Gasteiger partial charge >= 0.3 is 10.4 Å². The van der Waals surface area contributed by atoms with E-state index in [-0.39, 0.29) is 0 Å². The van der Waals surface area contributed by atoms with E-state index in [1.54, 1.807) is 0 Å². The van der Waals surface area contributed by atoms with E-state index in [9.17, 15) is 13.2 Å². The molecule has 10 heavy (non-hydrogen) atoms. The normalized spacial score (nSPS) is 23.3. The molecule has 1 aliphatic heterocycles. The number of hydrogen-bond donors (Lipinski definition) is 1. The van der Waals surface area contributed by atoms with Crippen LogP contribution < -0.4 is 5.32 Å². The van der Waals surface area contributed by atoms with Gasteiger partial charge in [0.25, 0.3) is 12.2 Å². The Morgan fingerprint density at radius 2 is 2.00 bits per heavy atom. The third-order valence-electron chi connectivity index (χ3n) is 0.871. The van der Waals surface area contributed by atoms with Gasteiger partial charge in [-0.3, -0.25) is 4.79 Å². The maximum Gasteiger partial charge on any atom is 0.405 e. The van der Waals surface area contributed by atoms with Crippen molar-refractivity contribution in [2.75, 3.05) is 7.05 Å². The molecular formula is C3H5NO5S. The molecule has 1 N–H and O–H groups in total. The Hall–Kier alpha value is -0.660. The van der Waals surface area contributed by atoms with E-state index in [0.29, 0.717) is 0 Å². The number of amides is 1. The van der Waals surface area contributed by atoms with Gasteiger partial charge in [0.1, 0.15) is 0 Å². The molecular weight excluding hydrogens is 162 g/mol. The summed E-state index contributed by atoms with van der Waals surface area (Å²) in [5.41, 5.74) is 0. The molecule has 1 saturated heterocycles. The minimum Gasteiger partial charge on any atom is -0.355 e. The molecule has 0 aromatic heterocycles. The summed E-state index contributed by atoms with van der Waals surface area (Å²) in [4.78, 5) is 10.5. The first-order valence-corrected chi connectivity index (χ1v) is 3.71. The number of rotatable bonds is 1. The molecule has 0 unspecified atom stereocenters. The Morgan fingerprint density at radius 1 is 1.50 bits per heavy atom. The summed E-state index contributed by atoms with van der Waals surface area (Å²) in [5, 5.41) is 2.15. The first-order valence-electron chi connectivity index (χ1n) is 2.38. The van der Waals surface area contributed by atoms with Gasteiger partial charge in [-0.2, -0.15) is 8.42 Å². The largest absolute Gasteiger partial charge is 0.405 e. The molecule has 58 valence electrons. The summed E-state index contributed by atoms with van der Waals surface area (Å²) >= 11 is 0. The molecule has 0 spiro atoms. The fourth-order valence-corrected chi connectivity index (χ4v) is 1.04. The van der Waals surface area contributed by atoms with Crippen molar-refractivity contribution in [2.24, 2.45) is 0 Å². The number of carbonyl (C=O) groups excluding carboxylic acids is 1. The van der Waals surface area contributed by atoms with Gasteiger partial charge in [-0.25, -0.2) is 8.37 Å². The lowest BCUT2D eigenvalue weighted by Gasteiger charge is -2.22. The Morgan fingerprint density at radius 3 is 2.30 bits per heavy atom. The summed E-state index contributed by atoms with van der Waals surface area (Å²) in [7, 11) is -2.50. The van der Waals surface area contributed by atoms with Gasteiger partial charge in [-0.1, -0.05) is 0 Å². The maximum absolute atomic E-state index is 10.5. The van der Waals surface area contributed by atoms with E-state index in [4.69, 9.17) is 0 Å². The minimum absolute atomic E-state index is 0.616. The molecule has 1 amide bonds. The Bertz CT molecular complexity index is 232. The first kappa shape index (κ1) is 7.45. The number of nitrogens with one attached hydrogen (secondary N) is 1. The standard InChI is InChI=1S/C3H5NO5S/c1-4-2(5)3-8-10(6,7)9-3/h3H,1H3,(H,4,5). The van der Waals surface area contributed by atoms with Crippen molar-refractivity contribution >= 4 is 16.3 Å². The highest BCUT2D eigenvalue weighted by atomic mass is 32.3. The van der Waals surface area contributed by atoms with Gasteiger partial charge in [0.2, 0.25) is 0 Å². The third kappa shape index (κ3) is 1.25. The molecule has 1 heterocycles. The highest BCUT2D eigenvalue weighted by molar-refractivity contribution is 7.82. The second kappa shape index (κ2) is 2.19. The van der Waals surface area contributed by atoms with Crippen molar-refractivity contribution in [1.29, 1.82) is 0 Å². The molecule has 1 fully saturated rings. The molecule has 0 atom stereocenters. The van der Waals surface area contributed by atoms with Crippen molar-refractivity contribution in [2.45, 2.75) is 6.29 Å². The van der Waals surface area contributed by atoms with Crippen LogP contribution >= 0.6 is 0 Å². The van der Waals surface area contributed by atoms with Gasteiger partial charge in [0.05, 0.1) is 0 Å². The van der Waals surface area contributed by atoms with Crippen LogP contribution in [0.15, 0.2) is 0 Å². The first-order chi connectivity index (χ1) is 4.55. The third-order valence-corrected chi connectivity index (χ3v) is 1.69. The van der Waals surface area contributed by atoms with Gasteiger partial charge < -0.3 is 5.32 Å². The monoisotopic (exact) mass is 167 g/mol. The molecule has 0 aromatic carbocycles. The average molecular weight is 167 g/mol. The molecule has 1 aliphatic rings. The van der Waals surface area contributed by atoms with Crippen molar-refractivity contribution in [3.8, 4) is 0 Å². The van der Waals surface area contributed by atoms with Crippen LogP contribution in [0.25, 0.3) is 0 Å². The zero-order valence-electron chi connectivity index (χ0n) is 5.03. The van der Waals surface area contributed by atoms with E-state index in [1.807, 2.05) is 0 Å². The van der Waals surface area contributed by atoms with E-state index in [0.717, 1.165) is 0 Å². The molecule has 0 bridgehead atoms. The van der Waals surface area contributed by atoms with Crippen LogP contribution in [0.5, 0.6) is 0 Å². The zero-order valence-corrected chi connectivity index (χ0v) is 5.84. The molecule has 7 heteroatoms. The van der Waals surface area contributed by atoms with Crippen LogP contribution in [-0.4, -0.2) is 27.7 Å². The van der Waals surface area contributed by atoms with Gasteiger partial charge in [0, 0.05) is 7.05 Å². The fourth-order valence-electron chi connectivity index (χ4n) is 0.427. The second-order valence-electron chi connectivity index (χ2n) is 1.55. The Kier molecular flexibility index (Phi) is 1.63. The van der Waals surface area contributed by atoms with Crippen LogP contribution in [0.1, 0.15) is 0 Å². The second-order valence-corrected chi connectivity index (χ2v) is 2.75. The number of likely N-dealkylation sites (N-methyl/N-ethyl adjacent to an activating group) is 1. The van der Waals surface area contributed by atoms with Crippen LogP contribution in [0, 0.1) is 0 Å². The SMILES string of the molecule is CNC(=O)C1OS(=O)(=O)O1. The molecule has 1 rings (SSSR count). The van der Waals surface area contributed by atoms with E-state index >= 15 is 0 Å². The van der Waals surface area contributed by atoms with E-state index in [2.05, 4.69) is 13.7 Å². The Labute approximate surface area is 57.4 Å². The fraction of sp³-hybridized carbons (Fsp3) is 0.667. The summed E-state index contributed by atoms with van der Waals surface area (Å²) in [6.07, 6.45) is -1.30. The van der Waals surface area contributed by atoms with Crippen LogP contribution in [0.4, 0.5) is 0 Å². The predicted octanol–water partition coefficient (Wildman–Crippen LogP) is -1.65. The molecule has 6 nitrogen and oxygen atoms in total. The zero-order chi connectivity index (χ0) is 7.78. The molecule has 0 saturated carbocycles. The lowest BCUT2D eigenvalue weighted by molar-refractivity contribution is -0.153. The van der Waals surface area contributed by atoms with E-state index < -0.39 is 22.6 Å². The van der Waals surface area contributed by atoms with E-state index in [1.165, 1.54) is 7.05 Å². The van der Waals surface area contributed by atoms with Crippen LogP contribution in [0.2, 0.25) is 0 Å². The quantitative estimate of drug-likeness (QED) is 0.506. The number of hydrogen-bond acceptors (Lipinski definition) is 5. The minimum atomic E-state index is -3.85. The summed E-state index contributed by atoms with van der Waals surface area (Å²) in [5.74, 6) is -0.616. The van der Waals surface area contributed by atoms with Gasteiger partial charge in [-0.05, 0) is 0 Å². The van der Waals surface area contributed by atoms with Crippen molar-refractivity contribution < 1.29 is 21.6 Å². The number of carbonyl (C=O) groups is 1. The smallest absolute Gasteiger partial charge is 0.355 e. The van der Waals surface area contributed by atoms with Crippen molar-refractivity contribution in [1.82, 2.24) is 5.32 Å². The van der Waals surface area contributed by atoms with Gasteiger partial charge in [-0.15, -0.1) is 0 Å². The maximum atomic E-state index is 10.5. The van der Waals surface area contributed by atoms with Crippen molar-refractivity contribution in [3.63, 3.8) is 0 Å².